The van der Waals surface area contributed by atoms with Crippen LogP contribution in [0.4, 0.5) is 0 Å². The number of hydrogen-bond acceptors (Lipinski definition) is 1. The van der Waals surface area contributed by atoms with Crippen molar-refractivity contribution >= 4 is 8.32 Å². The maximum Gasteiger partial charge on any atom is 0.200 e. The van der Waals surface area contributed by atoms with Gasteiger partial charge < -0.3 is 4.43 Å². The third-order valence-corrected chi connectivity index (χ3v) is 6.64. The molecule has 14 heavy (non-hydrogen) atoms. The summed E-state index contributed by atoms with van der Waals surface area (Å²) in [6.45, 7) is 13.0. The molecule has 0 spiro atoms. The molecule has 82 valence electrons. The molecule has 0 saturated heterocycles. The van der Waals surface area contributed by atoms with Crippen molar-refractivity contribution < 1.29 is 4.43 Å². The second-order valence-corrected chi connectivity index (χ2v) is 7.74. The number of allylic oxidation sites excluding steroid dienone is 2. The lowest BCUT2D eigenvalue weighted by Crippen LogP contribution is -2.37. The Labute approximate surface area is 90.0 Å². The predicted molar refractivity (Wildman–Crippen MR) is 67.1 cm³/mol. The lowest BCUT2D eigenvalue weighted by atomic mass is 10.5. The van der Waals surface area contributed by atoms with E-state index >= 15 is 0 Å². The van der Waals surface area contributed by atoms with Crippen LogP contribution in [0.3, 0.4) is 0 Å². The predicted octanol–water partition coefficient (Wildman–Crippen LogP) is 4.14. The standard InChI is InChI=1S/C12H24OSi/c1-5-9-13-14(10-6-2,11-7-3)12-8-4/h6-7H,2-3,5,8-12H2,1,4H3. The van der Waals surface area contributed by atoms with Crippen LogP contribution in [-0.4, -0.2) is 14.9 Å². The van der Waals surface area contributed by atoms with Crippen LogP contribution in [0.2, 0.25) is 18.1 Å². The third kappa shape index (κ3) is 4.77. The highest BCUT2D eigenvalue weighted by atomic mass is 28.4. The number of hydrogen-bond donors (Lipinski definition) is 0. The lowest BCUT2D eigenvalue weighted by Gasteiger charge is -2.29. The van der Waals surface area contributed by atoms with Crippen LogP contribution in [0, 0.1) is 0 Å². The highest BCUT2D eigenvalue weighted by Gasteiger charge is 2.30. The molecular formula is C12H24OSi. The summed E-state index contributed by atoms with van der Waals surface area (Å²) in [5.41, 5.74) is 0. The molecule has 0 heterocycles. The molecular weight excluding hydrogens is 188 g/mol. The van der Waals surface area contributed by atoms with E-state index in [1.54, 1.807) is 0 Å². The molecule has 0 aromatic heterocycles. The average molecular weight is 212 g/mol. The van der Waals surface area contributed by atoms with Crippen LogP contribution in [-0.2, 0) is 4.43 Å². The van der Waals surface area contributed by atoms with Gasteiger partial charge in [-0.1, -0.05) is 32.4 Å². The zero-order chi connectivity index (χ0) is 10.9. The molecule has 0 aliphatic heterocycles. The maximum absolute atomic E-state index is 6.10. The lowest BCUT2D eigenvalue weighted by molar-refractivity contribution is 0.300. The van der Waals surface area contributed by atoms with Gasteiger partial charge in [0.05, 0.1) is 0 Å². The molecule has 0 aromatic rings. The minimum atomic E-state index is -1.55. The van der Waals surface area contributed by atoms with Crippen LogP contribution in [0.5, 0.6) is 0 Å². The molecule has 0 aliphatic rings. The molecule has 0 saturated carbocycles. The van der Waals surface area contributed by atoms with Gasteiger partial charge in [0.15, 0.2) is 8.32 Å². The highest BCUT2D eigenvalue weighted by Crippen LogP contribution is 2.25. The number of rotatable bonds is 9. The molecule has 0 amide bonds. The van der Waals surface area contributed by atoms with Crippen molar-refractivity contribution in [2.45, 2.75) is 44.8 Å². The SMILES string of the molecule is C=CC[Si](CC=C)(CCC)OCCC. The fourth-order valence-electron chi connectivity index (χ4n) is 1.78. The van der Waals surface area contributed by atoms with Gasteiger partial charge in [-0.05, 0) is 24.6 Å². The molecule has 0 fully saturated rings. The van der Waals surface area contributed by atoms with E-state index < -0.39 is 8.32 Å². The third-order valence-electron chi connectivity index (χ3n) is 2.35. The molecule has 0 unspecified atom stereocenters. The molecule has 0 aliphatic carbocycles. The van der Waals surface area contributed by atoms with Gasteiger partial charge in [0.1, 0.15) is 0 Å². The van der Waals surface area contributed by atoms with Gasteiger partial charge in [-0.15, -0.1) is 13.2 Å². The molecule has 2 heteroatoms. The van der Waals surface area contributed by atoms with E-state index in [4.69, 9.17) is 4.43 Å². The summed E-state index contributed by atoms with van der Waals surface area (Å²) in [6.07, 6.45) is 6.34. The first-order valence-corrected chi connectivity index (χ1v) is 8.13. The summed E-state index contributed by atoms with van der Waals surface area (Å²) >= 11 is 0. The topological polar surface area (TPSA) is 9.23 Å². The average Bonchev–Trinajstić information content (AvgIpc) is 2.16. The second-order valence-electron chi connectivity index (χ2n) is 3.77. The Kier molecular flexibility index (Phi) is 7.81. The van der Waals surface area contributed by atoms with Crippen molar-refractivity contribution in [3.8, 4) is 0 Å². The van der Waals surface area contributed by atoms with Crippen molar-refractivity contribution in [2.24, 2.45) is 0 Å². The Hall–Kier alpha value is -0.343. The Morgan fingerprint density at radius 3 is 2.00 bits per heavy atom. The monoisotopic (exact) mass is 212 g/mol. The smallest absolute Gasteiger partial charge is 0.200 e. The van der Waals surface area contributed by atoms with E-state index in [1.807, 2.05) is 12.2 Å². The quantitative estimate of drug-likeness (QED) is 0.412. The minimum absolute atomic E-state index is 0.897. The van der Waals surface area contributed by atoms with Gasteiger partial charge in [0.25, 0.3) is 0 Å². The van der Waals surface area contributed by atoms with Crippen LogP contribution >= 0.6 is 0 Å². The molecule has 0 aromatic carbocycles. The van der Waals surface area contributed by atoms with Crippen LogP contribution in [0.15, 0.2) is 25.3 Å². The van der Waals surface area contributed by atoms with Crippen LogP contribution < -0.4 is 0 Å². The fraction of sp³-hybridized carbons (Fsp3) is 0.667. The van der Waals surface area contributed by atoms with Crippen LogP contribution in [0.25, 0.3) is 0 Å². The summed E-state index contributed by atoms with van der Waals surface area (Å²) in [7, 11) is -1.55. The molecule has 0 bridgehead atoms. The van der Waals surface area contributed by atoms with E-state index in [2.05, 4.69) is 27.0 Å². The van der Waals surface area contributed by atoms with E-state index in [0.29, 0.717) is 0 Å². The van der Waals surface area contributed by atoms with Crippen molar-refractivity contribution in [1.29, 1.82) is 0 Å². The molecule has 0 atom stereocenters. The van der Waals surface area contributed by atoms with Crippen molar-refractivity contribution in [3.05, 3.63) is 25.3 Å². The van der Waals surface area contributed by atoms with Crippen molar-refractivity contribution in [3.63, 3.8) is 0 Å². The van der Waals surface area contributed by atoms with Gasteiger partial charge >= 0.3 is 0 Å². The molecule has 0 rings (SSSR count). The summed E-state index contributed by atoms with van der Waals surface area (Å²) in [4.78, 5) is 0. The Morgan fingerprint density at radius 1 is 1.07 bits per heavy atom. The van der Waals surface area contributed by atoms with Crippen molar-refractivity contribution in [1.82, 2.24) is 0 Å². The first-order valence-electron chi connectivity index (χ1n) is 5.60. The Morgan fingerprint density at radius 2 is 1.64 bits per heavy atom. The largest absolute Gasteiger partial charge is 0.416 e. The normalized spacial score (nSPS) is 11.3. The van der Waals surface area contributed by atoms with E-state index in [9.17, 15) is 0 Å². The summed E-state index contributed by atoms with van der Waals surface area (Å²) < 4.78 is 6.10. The summed E-state index contributed by atoms with van der Waals surface area (Å²) in [6, 6.07) is 3.35. The zero-order valence-corrected chi connectivity index (χ0v) is 10.7. The van der Waals surface area contributed by atoms with Gasteiger partial charge in [0, 0.05) is 6.61 Å². The zero-order valence-electron chi connectivity index (χ0n) is 9.72. The van der Waals surface area contributed by atoms with Gasteiger partial charge in [0.2, 0.25) is 0 Å². The van der Waals surface area contributed by atoms with E-state index in [1.165, 1.54) is 12.5 Å². The van der Waals surface area contributed by atoms with Gasteiger partial charge in [-0.25, -0.2) is 0 Å². The summed E-state index contributed by atoms with van der Waals surface area (Å²) in [5.74, 6) is 0. The second kappa shape index (κ2) is 8.01. The summed E-state index contributed by atoms with van der Waals surface area (Å²) in [5, 5.41) is 0. The highest BCUT2D eigenvalue weighted by molar-refractivity contribution is 6.74. The van der Waals surface area contributed by atoms with Crippen LogP contribution in [0.1, 0.15) is 26.7 Å². The van der Waals surface area contributed by atoms with Gasteiger partial charge in [-0.2, -0.15) is 0 Å². The maximum atomic E-state index is 6.10. The molecule has 0 radical (unpaired) electrons. The van der Waals surface area contributed by atoms with Gasteiger partial charge in [-0.3, -0.25) is 0 Å². The first kappa shape index (κ1) is 13.7. The first-order chi connectivity index (χ1) is 6.74. The Bertz CT molecular complexity index is 156. The van der Waals surface area contributed by atoms with E-state index in [-0.39, 0.29) is 0 Å². The van der Waals surface area contributed by atoms with Crippen molar-refractivity contribution in [2.75, 3.05) is 6.61 Å². The minimum Gasteiger partial charge on any atom is -0.416 e. The van der Waals surface area contributed by atoms with E-state index in [0.717, 1.165) is 25.1 Å². The molecule has 1 nitrogen and oxygen atoms in total. The fourth-order valence-corrected chi connectivity index (χ4v) is 5.33. The molecule has 0 N–H and O–H groups in total. The Balaban J connectivity index is 4.35.